The molecule has 1 heterocycles. The number of Topliss-reactive ketones (excluding diaryl/α,β-unsaturated/α-hetero) is 1. The number of amides is 1. The normalized spacial score (nSPS) is 17.8. The van der Waals surface area contributed by atoms with Gasteiger partial charge < -0.3 is 10.5 Å². The lowest BCUT2D eigenvalue weighted by molar-refractivity contribution is -0.118. The van der Waals surface area contributed by atoms with Gasteiger partial charge in [0, 0.05) is 17.0 Å². The lowest BCUT2D eigenvalue weighted by Gasteiger charge is -2.11. The molecule has 1 aliphatic rings. The topological polar surface area (TPSA) is 73.1 Å². The zero-order valence-electron chi connectivity index (χ0n) is 17.4. The Hall–Kier alpha value is -1.72. The van der Waals surface area contributed by atoms with E-state index in [1.165, 1.54) is 36.8 Å². The molecule has 1 fully saturated rings. The van der Waals surface area contributed by atoms with Gasteiger partial charge in [0.15, 0.2) is 0 Å². The van der Waals surface area contributed by atoms with Gasteiger partial charge in [0.25, 0.3) is 5.91 Å². The van der Waals surface area contributed by atoms with E-state index >= 15 is 0 Å². The van der Waals surface area contributed by atoms with Gasteiger partial charge in [-0.1, -0.05) is 45.2 Å². The Balaban J connectivity index is 0.000000281. The first-order valence-electron chi connectivity index (χ1n) is 9.79. The number of aryl methyl sites for hydroxylation is 1. The molecule has 1 amide bonds. The molecule has 0 bridgehead atoms. The van der Waals surface area contributed by atoms with Crippen molar-refractivity contribution in [3.8, 4) is 10.6 Å². The number of carbonyl (C=O) groups is 2. The molecular weight excluding hydrogens is 392 g/mol. The number of halogens is 1. The van der Waals surface area contributed by atoms with E-state index in [0.29, 0.717) is 21.6 Å². The van der Waals surface area contributed by atoms with Gasteiger partial charge in [-0.25, -0.2) is 4.98 Å². The Morgan fingerprint density at radius 2 is 1.93 bits per heavy atom. The van der Waals surface area contributed by atoms with Gasteiger partial charge in [-0.3, -0.25) is 4.79 Å². The molecule has 0 spiro atoms. The van der Waals surface area contributed by atoms with Crippen molar-refractivity contribution in [3.63, 3.8) is 0 Å². The lowest BCUT2D eigenvalue weighted by atomic mass is 9.93. The van der Waals surface area contributed by atoms with Gasteiger partial charge in [-0.2, -0.15) is 0 Å². The first kappa shape index (κ1) is 24.3. The van der Waals surface area contributed by atoms with Crippen LogP contribution in [0.15, 0.2) is 24.4 Å². The number of hydrogen-bond acceptors (Lipinski definition) is 4. The van der Waals surface area contributed by atoms with Crippen molar-refractivity contribution >= 4 is 34.6 Å². The minimum absolute atomic E-state index is 0.360. The minimum Gasteiger partial charge on any atom is -0.365 e. The van der Waals surface area contributed by atoms with Crippen LogP contribution in [0, 0.1) is 18.8 Å². The Bertz CT molecular complexity index is 768. The molecule has 1 aromatic heterocycles. The Morgan fingerprint density at radius 3 is 2.39 bits per heavy atom. The van der Waals surface area contributed by atoms with Crippen LogP contribution in [0.5, 0.6) is 0 Å². The molecule has 1 aromatic carbocycles. The highest BCUT2D eigenvalue weighted by atomic mass is 35.5. The number of nitrogens with zero attached hydrogens (tertiary/aromatic N) is 1. The first-order chi connectivity index (χ1) is 13.3. The third kappa shape index (κ3) is 7.72. The summed E-state index contributed by atoms with van der Waals surface area (Å²) in [6.07, 6.45) is 6.25. The lowest BCUT2D eigenvalue weighted by Crippen LogP contribution is -2.08. The highest BCUT2D eigenvalue weighted by Gasteiger charge is 2.23. The van der Waals surface area contributed by atoms with Crippen molar-refractivity contribution in [1.82, 2.24) is 4.98 Å². The number of hydrogen-bond donors (Lipinski definition) is 1. The molecule has 1 aliphatic carbocycles. The fourth-order valence-corrected chi connectivity index (χ4v) is 4.32. The molecule has 28 heavy (non-hydrogen) atoms. The number of aromatic nitrogens is 1. The minimum atomic E-state index is -0.456. The second-order valence-corrected chi connectivity index (χ2v) is 8.45. The van der Waals surface area contributed by atoms with Crippen LogP contribution in [-0.2, 0) is 4.79 Å². The molecule has 1 saturated carbocycles. The smallest absolute Gasteiger partial charge is 0.260 e. The number of benzene rings is 1. The molecule has 0 radical (unpaired) electrons. The summed E-state index contributed by atoms with van der Waals surface area (Å²) in [4.78, 5) is 26.3. The summed E-state index contributed by atoms with van der Waals surface area (Å²) in [7, 11) is 0. The molecule has 2 aromatic rings. The van der Waals surface area contributed by atoms with Crippen molar-refractivity contribution in [2.75, 3.05) is 0 Å². The van der Waals surface area contributed by atoms with E-state index in [0.717, 1.165) is 28.5 Å². The van der Waals surface area contributed by atoms with Crippen LogP contribution in [0.4, 0.5) is 0 Å². The van der Waals surface area contributed by atoms with Gasteiger partial charge in [0.05, 0.1) is 6.20 Å². The summed E-state index contributed by atoms with van der Waals surface area (Å²) >= 11 is 7.22. The standard InChI is InChI=1S/C11H9ClN2OS.C9H16O.C2H6/c1-6-2-7(4-8(12)3-6)11-14-5-9(16-11)10(13)15;1-7-4-3-5-9(7)6-8(2)10;1-2/h2-5H,1H3,(H2,13,15);7,9H,3-6H2,1-2H3;1-2H3. The van der Waals surface area contributed by atoms with Gasteiger partial charge >= 0.3 is 0 Å². The average molecular weight is 423 g/mol. The fraction of sp³-hybridized carbons (Fsp3) is 0.500. The van der Waals surface area contributed by atoms with Gasteiger partial charge in [0.2, 0.25) is 0 Å². The quantitative estimate of drug-likeness (QED) is 0.628. The molecular formula is C22H31ClN2O2S. The van der Waals surface area contributed by atoms with Crippen LogP contribution >= 0.6 is 22.9 Å². The molecule has 0 aliphatic heterocycles. The van der Waals surface area contributed by atoms with E-state index in [9.17, 15) is 9.59 Å². The van der Waals surface area contributed by atoms with E-state index in [-0.39, 0.29) is 0 Å². The Labute approximate surface area is 177 Å². The molecule has 2 N–H and O–H groups in total. The third-order valence-corrected chi connectivity index (χ3v) is 5.91. The van der Waals surface area contributed by atoms with E-state index in [1.807, 2.05) is 39.0 Å². The average Bonchev–Trinajstić information content (AvgIpc) is 3.26. The van der Waals surface area contributed by atoms with Crippen LogP contribution in [0.2, 0.25) is 5.02 Å². The zero-order valence-corrected chi connectivity index (χ0v) is 19.0. The molecule has 0 saturated heterocycles. The fourth-order valence-electron chi connectivity index (χ4n) is 3.28. The third-order valence-electron chi connectivity index (χ3n) is 4.63. The van der Waals surface area contributed by atoms with Crippen molar-refractivity contribution in [2.45, 2.75) is 60.3 Å². The van der Waals surface area contributed by atoms with Crippen molar-refractivity contribution in [1.29, 1.82) is 0 Å². The second-order valence-electron chi connectivity index (χ2n) is 6.99. The van der Waals surface area contributed by atoms with E-state index < -0.39 is 5.91 Å². The predicted molar refractivity (Wildman–Crippen MR) is 119 cm³/mol. The molecule has 2 atom stereocenters. The van der Waals surface area contributed by atoms with Crippen molar-refractivity contribution in [3.05, 3.63) is 39.9 Å². The van der Waals surface area contributed by atoms with Crippen molar-refractivity contribution < 1.29 is 9.59 Å². The summed E-state index contributed by atoms with van der Waals surface area (Å²) in [5, 5.41) is 1.41. The maximum Gasteiger partial charge on any atom is 0.260 e. The molecule has 154 valence electrons. The monoisotopic (exact) mass is 422 g/mol. The van der Waals surface area contributed by atoms with E-state index in [1.54, 1.807) is 6.92 Å². The maximum absolute atomic E-state index is 10.9. The van der Waals surface area contributed by atoms with Crippen LogP contribution in [0.25, 0.3) is 10.6 Å². The summed E-state index contributed by atoms with van der Waals surface area (Å²) in [5.41, 5.74) is 7.13. The Kier molecular flexibility index (Phi) is 10.4. The summed E-state index contributed by atoms with van der Waals surface area (Å²) in [6.45, 7) is 9.92. The van der Waals surface area contributed by atoms with Crippen LogP contribution < -0.4 is 5.73 Å². The predicted octanol–water partition coefficient (Wildman–Crippen LogP) is 6.30. The highest BCUT2D eigenvalue weighted by molar-refractivity contribution is 7.16. The van der Waals surface area contributed by atoms with Gasteiger partial charge in [-0.05, 0) is 55.9 Å². The zero-order chi connectivity index (χ0) is 21.3. The largest absolute Gasteiger partial charge is 0.365 e. The molecule has 2 unspecified atom stereocenters. The van der Waals surface area contributed by atoms with Crippen LogP contribution in [0.1, 0.15) is 68.6 Å². The number of primary amides is 1. The van der Waals surface area contributed by atoms with E-state index in [4.69, 9.17) is 17.3 Å². The van der Waals surface area contributed by atoms with Gasteiger partial charge in [0.1, 0.15) is 15.7 Å². The maximum atomic E-state index is 10.9. The second kappa shape index (κ2) is 12.0. The summed E-state index contributed by atoms with van der Waals surface area (Å²) in [5.74, 6) is 1.41. The SMILES string of the molecule is CC.CC(=O)CC1CCCC1C.Cc1cc(Cl)cc(-c2ncc(C(N)=O)s2)c1. The van der Waals surface area contributed by atoms with Crippen molar-refractivity contribution in [2.24, 2.45) is 17.6 Å². The Morgan fingerprint density at radius 1 is 1.25 bits per heavy atom. The number of nitrogens with two attached hydrogens (primary N) is 1. The number of thiazole rings is 1. The number of ketones is 1. The highest BCUT2D eigenvalue weighted by Crippen LogP contribution is 2.33. The summed E-state index contributed by atoms with van der Waals surface area (Å²) in [6, 6.07) is 5.65. The van der Waals surface area contributed by atoms with Crippen LogP contribution in [0.3, 0.4) is 0 Å². The molecule has 4 nitrogen and oxygen atoms in total. The number of carbonyl (C=O) groups excluding carboxylic acids is 2. The molecule has 6 heteroatoms. The summed E-state index contributed by atoms with van der Waals surface area (Å²) < 4.78 is 0. The van der Waals surface area contributed by atoms with E-state index in [2.05, 4.69) is 11.9 Å². The number of rotatable bonds is 4. The van der Waals surface area contributed by atoms with Gasteiger partial charge in [-0.15, -0.1) is 11.3 Å². The van der Waals surface area contributed by atoms with Crippen LogP contribution in [-0.4, -0.2) is 16.7 Å². The molecule has 3 rings (SSSR count). The first-order valence-corrected chi connectivity index (χ1v) is 11.0.